The summed E-state index contributed by atoms with van der Waals surface area (Å²) in [6, 6.07) is 14.5. The Labute approximate surface area is 106 Å². The van der Waals surface area contributed by atoms with Crippen LogP contribution in [-0.4, -0.2) is 6.26 Å². The first-order valence-corrected chi connectivity index (χ1v) is 6.61. The van der Waals surface area contributed by atoms with E-state index < -0.39 is 0 Å². The Morgan fingerprint density at radius 2 is 2.00 bits per heavy atom. The molecule has 0 aromatic heterocycles. The molecule has 0 aliphatic rings. The van der Waals surface area contributed by atoms with Crippen LogP contribution in [0.1, 0.15) is 5.56 Å². The molecule has 0 radical (unpaired) electrons. The van der Waals surface area contributed by atoms with Crippen LogP contribution in [0.4, 0.5) is 0 Å². The second kappa shape index (κ2) is 5.75. The van der Waals surface area contributed by atoms with Gasteiger partial charge in [-0.3, -0.25) is 10.3 Å². The third-order valence-electron chi connectivity index (χ3n) is 2.54. The predicted molar refractivity (Wildman–Crippen MR) is 74.5 cm³/mol. The third kappa shape index (κ3) is 3.02. The van der Waals surface area contributed by atoms with Crippen LogP contribution in [0, 0.1) is 0 Å². The molecule has 2 rings (SSSR count). The van der Waals surface area contributed by atoms with Crippen LogP contribution in [0.2, 0.25) is 0 Å². The SMILES string of the molecule is C=C(NOCc1cccc2ccccc12)SC. The molecule has 2 aromatic rings. The van der Waals surface area contributed by atoms with Crippen LogP contribution in [-0.2, 0) is 11.4 Å². The van der Waals surface area contributed by atoms with Gasteiger partial charge in [0, 0.05) is 0 Å². The fourth-order valence-electron chi connectivity index (χ4n) is 1.65. The van der Waals surface area contributed by atoms with Gasteiger partial charge in [-0.15, -0.1) is 11.8 Å². The molecule has 0 atom stereocenters. The van der Waals surface area contributed by atoms with Crippen molar-refractivity contribution in [2.75, 3.05) is 6.26 Å². The second-order valence-corrected chi connectivity index (χ2v) is 4.56. The lowest BCUT2D eigenvalue weighted by atomic mass is 10.1. The maximum absolute atomic E-state index is 5.41. The van der Waals surface area contributed by atoms with E-state index in [0.29, 0.717) is 6.61 Å². The van der Waals surface area contributed by atoms with Gasteiger partial charge in [0.25, 0.3) is 0 Å². The molecule has 2 aromatic carbocycles. The Balaban J connectivity index is 2.11. The van der Waals surface area contributed by atoms with E-state index >= 15 is 0 Å². The summed E-state index contributed by atoms with van der Waals surface area (Å²) in [6.45, 7) is 4.32. The lowest BCUT2D eigenvalue weighted by Crippen LogP contribution is -2.10. The first kappa shape index (κ1) is 12.0. The van der Waals surface area contributed by atoms with E-state index in [-0.39, 0.29) is 0 Å². The number of hydroxylamine groups is 1. The molecule has 0 unspecified atom stereocenters. The molecule has 88 valence electrons. The van der Waals surface area contributed by atoms with Crippen LogP contribution in [0.25, 0.3) is 10.8 Å². The van der Waals surface area contributed by atoms with E-state index in [9.17, 15) is 0 Å². The van der Waals surface area contributed by atoms with Gasteiger partial charge in [-0.25, -0.2) is 0 Å². The van der Waals surface area contributed by atoms with Gasteiger partial charge < -0.3 is 0 Å². The van der Waals surface area contributed by atoms with Gasteiger partial charge in [0.05, 0.1) is 5.03 Å². The van der Waals surface area contributed by atoms with E-state index in [1.54, 1.807) is 0 Å². The molecule has 0 fully saturated rings. The van der Waals surface area contributed by atoms with Crippen molar-refractivity contribution < 1.29 is 4.84 Å². The summed E-state index contributed by atoms with van der Waals surface area (Å²) in [5.74, 6) is 0. The zero-order valence-electron chi connectivity index (χ0n) is 9.77. The molecule has 1 N–H and O–H groups in total. The number of nitrogens with one attached hydrogen (secondary N) is 1. The molecule has 0 heterocycles. The van der Waals surface area contributed by atoms with Gasteiger partial charge in [-0.05, 0) is 22.6 Å². The van der Waals surface area contributed by atoms with Gasteiger partial charge in [0.1, 0.15) is 6.61 Å². The average molecular weight is 245 g/mol. The number of hydrogen-bond donors (Lipinski definition) is 1. The number of benzene rings is 2. The molecule has 0 spiro atoms. The highest BCUT2D eigenvalue weighted by atomic mass is 32.2. The van der Waals surface area contributed by atoms with Crippen molar-refractivity contribution >= 4 is 22.5 Å². The van der Waals surface area contributed by atoms with Crippen LogP contribution >= 0.6 is 11.8 Å². The minimum atomic E-state index is 0.529. The van der Waals surface area contributed by atoms with Gasteiger partial charge in [0.2, 0.25) is 0 Å². The van der Waals surface area contributed by atoms with Gasteiger partial charge >= 0.3 is 0 Å². The van der Waals surface area contributed by atoms with Crippen molar-refractivity contribution in [1.82, 2.24) is 5.48 Å². The Hall–Kier alpha value is -1.45. The zero-order chi connectivity index (χ0) is 12.1. The highest BCUT2D eigenvalue weighted by Gasteiger charge is 2.00. The Morgan fingerprint density at radius 3 is 2.82 bits per heavy atom. The van der Waals surface area contributed by atoms with Gasteiger partial charge in [-0.1, -0.05) is 49.0 Å². The molecular formula is C14H15NOS. The van der Waals surface area contributed by atoms with E-state index in [2.05, 4.69) is 36.3 Å². The molecule has 3 heteroatoms. The molecule has 0 saturated heterocycles. The molecule has 0 saturated carbocycles. The Morgan fingerprint density at radius 1 is 1.24 bits per heavy atom. The molecule has 17 heavy (non-hydrogen) atoms. The standard InChI is InChI=1S/C14H15NOS/c1-11(17-2)15-16-10-13-8-5-7-12-6-3-4-9-14(12)13/h3-9,15H,1,10H2,2H3. The van der Waals surface area contributed by atoms with Gasteiger partial charge in [0.15, 0.2) is 0 Å². The van der Waals surface area contributed by atoms with Crippen molar-refractivity contribution in [3.63, 3.8) is 0 Å². The average Bonchev–Trinajstić information content (AvgIpc) is 2.39. The summed E-state index contributed by atoms with van der Waals surface area (Å²) in [7, 11) is 0. The largest absolute Gasteiger partial charge is 0.271 e. The summed E-state index contributed by atoms with van der Waals surface area (Å²) < 4.78 is 0. The zero-order valence-corrected chi connectivity index (χ0v) is 10.6. The van der Waals surface area contributed by atoms with E-state index in [1.807, 2.05) is 24.5 Å². The fourth-order valence-corrected chi connectivity index (χ4v) is 1.80. The first-order chi connectivity index (χ1) is 8.31. The molecule has 0 bridgehead atoms. The van der Waals surface area contributed by atoms with E-state index in [0.717, 1.165) is 5.03 Å². The van der Waals surface area contributed by atoms with Crippen molar-refractivity contribution in [3.8, 4) is 0 Å². The normalized spacial score (nSPS) is 10.4. The third-order valence-corrected chi connectivity index (χ3v) is 3.12. The second-order valence-electron chi connectivity index (χ2n) is 3.66. The van der Waals surface area contributed by atoms with E-state index in [1.165, 1.54) is 28.1 Å². The highest BCUT2D eigenvalue weighted by molar-refractivity contribution is 8.02. The van der Waals surface area contributed by atoms with Crippen molar-refractivity contribution in [1.29, 1.82) is 0 Å². The molecule has 0 aliphatic heterocycles. The van der Waals surface area contributed by atoms with Crippen LogP contribution in [0.3, 0.4) is 0 Å². The van der Waals surface area contributed by atoms with Crippen LogP contribution < -0.4 is 5.48 Å². The minimum absolute atomic E-state index is 0.529. The number of rotatable bonds is 5. The van der Waals surface area contributed by atoms with Crippen LogP contribution in [0.15, 0.2) is 54.1 Å². The topological polar surface area (TPSA) is 21.3 Å². The summed E-state index contributed by atoms with van der Waals surface area (Å²) >= 11 is 1.53. The molecule has 0 aliphatic carbocycles. The lowest BCUT2D eigenvalue weighted by molar-refractivity contribution is 0.0560. The maximum Gasteiger partial charge on any atom is 0.100 e. The summed E-state index contributed by atoms with van der Waals surface area (Å²) in [5.41, 5.74) is 3.98. The van der Waals surface area contributed by atoms with Crippen LogP contribution in [0.5, 0.6) is 0 Å². The summed E-state index contributed by atoms with van der Waals surface area (Å²) in [6.07, 6.45) is 1.95. The smallest absolute Gasteiger partial charge is 0.100 e. The predicted octanol–water partition coefficient (Wildman–Crippen LogP) is 3.70. The monoisotopic (exact) mass is 245 g/mol. The summed E-state index contributed by atoms with van der Waals surface area (Å²) in [4.78, 5) is 5.41. The Bertz CT molecular complexity index is 519. The van der Waals surface area contributed by atoms with Crippen molar-refractivity contribution in [3.05, 3.63) is 59.6 Å². The van der Waals surface area contributed by atoms with Gasteiger partial charge in [-0.2, -0.15) is 0 Å². The Kier molecular flexibility index (Phi) is 4.07. The molecule has 0 amide bonds. The minimum Gasteiger partial charge on any atom is -0.271 e. The number of fused-ring (bicyclic) bond motifs is 1. The molecule has 2 nitrogen and oxygen atoms in total. The fraction of sp³-hybridized carbons (Fsp3) is 0.143. The first-order valence-electron chi connectivity index (χ1n) is 5.38. The van der Waals surface area contributed by atoms with E-state index in [4.69, 9.17) is 4.84 Å². The lowest BCUT2D eigenvalue weighted by Gasteiger charge is -2.09. The molecular weight excluding hydrogens is 230 g/mol. The summed E-state index contributed by atoms with van der Waals surface area (Å²) in [5, 5.41) is 3.27. The highest BCUT2D eigenvalue weighted by Crippen LogP contribution is 2.19. The quantitative estimate of drug-likeness (QED) is 0.812. The maximum atomic E-state index is 5.41. The number of thioether (sulfide) groups is 1. The van der Waals surface area contributed by atoms with Crippen molar-refractivity contribution in [2.24, 2.45) is 0 Å². The number of hydrogen-bond acceptors (Lipinski definition) is 3. The van der Waals surface area contributed by atoms with Crippen molar-refractivity contribution in [2.45, 2.75) is 6.61 Å².